The molecule has 1 unspecified atom stereocenters. The molecule has 0 radical (unpaired) electrons. The molecular formula is C16H26N2O2. The van der Waals surface area contributed by atoms with Gasteiger partial charge in [0, 0.05) is 24.4 Å². The van der Waals surface area contributed by atoms with Gasteiger partial charge in [0.1, 0.15) is 0 Å². The van der Waals surface area contributed by atoms with Gasteiger partial charge in [-0.15, -0.1) is 0 Å². The SMILES string of the molecule is COCC(Nc1cccc(NC(=O)C(C)C)c1)C(C)C. The number of hydrogen-bond donors (Lipinski definition) is 2. The number of ether oxygens (including phenoxy) is 1. The molecule has 0 aliphatic rings. The molecular weight excluding hydrogens is 252 g/mol. The van der Waals surface area contributed by atoms with Crippen LogP contribution in [-0.4, -0.2) is 25.7 Å². The van der Waals surface area contributed by atoms with Crippen molar-refractivity contribution in [3.05, 3.63) is 24.3 Å². The number of carbonyl (C=O) groups is 1. The van der Waals surface area contributed by atoms with Gasteiger partial charge in [-0.3, -0.25) is 4.79 Å². The van der Waals surface area contributed by atoms with E-state index in [1.807, 2.05) is 38.1 Å². The summed E-state index contributed by atoms with van der Waals surface area (Å²) in [6.07, 6.45) is 0. The molecule has 4 heteroatoms. The zero-order valence-electron chi connectivity index (χ0n) is 13.1. The Morgan fingerprint density at radius 1 is 1.20 bits per heavy atom. The van der Waals surface area contributed by atoms with Gasteiger partial charge in [0.2, 0.25) is 5.91 Å². The van der Waals surface area contributed by atoms with Crippen LogP contribution in [0.15, 0.2) is 24.3 Å². The Kier molecular flexibility index (Phi) is 6.52. The van der Waals surface area contributed by atoms with Crippen LogP contribution in [0.5, 0.6) is 0 Å². The minimum Gasteiger partial charge on any atom is -0.383 e. The summed E-state index contributed by atoms with van der Waals surface area (Å²) in [6.45, 7) is 8.72. The first-order valence-corrected chi connectivity index (χ1v) is 7.10. The number of nitrogens with one attached hydrogen (secondary N) is 2. The van der Waals surface area contributed by atoms with E-state index in [-0.39, 0.29) is 17.9 Å². The summed E-state index contributed by atoms with van der Waals surface area (Å²) in [5, 5.41) is 6.35. The smallest absolute Gasteiger partial charge is 0.226 e. The molecule has 0 saturated heterocycles. The van der Waals surface area contributed by atoms with E-state index in [1.54, 1.807) is 7.11 Å². The summed E-state index contributed by atoms with van der Waals surface area (Å²) in [6, 6.07) is 8.02. The lowest BCUT2D eigenvalue weighted by molar-refractivity contribution is -0.118. The first-order valence-electron chi connectivity index (χ1n) is 7.10. The van der Waals surface area contributed by atoms with Crippen molar-refractivity contribution in [3.63, 3.8) is 0 Å². The molecule has 2 N–H and O–H groups in total. The van der Waals surface area contributed by atoms with Crippen LogP contribution in [0.4, 0.5) is 11.4 Å². The van der Waals surface area contributed by atoms with Crippen LogP contribution in [0, 0.1) is 11.8 Å². The zero-order chi connectivity index (χ0) is 15.1. The molecule has 112 valence electrons. The largest absolute Gasteiger partial charge is 0.383 e. The number of amides is 1. The molecule has 1 aromatic rings. The molecule has 0 saturated carbocycles. The van der Waals surface area contributed by atoms with E-state index in [9.17, 15) is 4.79 Å². The summed E-state index contributed by atoms with van der Waals surface area (Å²) in [5.41, 5.74) is 1.80. The highest BCUT2D eigenvalue weighted by Crippen LogP contribution is 2.18. The molecule has 0 heterocycles. The molecule has 0 aromatic heterocycles. The predicted octanol–water partition coefficient (Wildman–Crippen LogP) is 3.36. The molecule has 0 bridgehead atoms. The normalized spacial score (nSPS) is 12.6. The maximum atomic E-state index is 11.7. The second kappa shape index (κ2) is 7.90. The van der Waals surface area contributed by atoms with Crippen LogP contribution in [0.1, 0.15) is 27.7 Å². The van der Waals surface area contributed by atoms with Crippen LogP contribution < -0.4 is 10.6 Å². The van der Waals surface area contributed by atoms with Crippen LogP contribution in [0.2, 0.25) is 0 Å². The quantitative estimate of drug-likeness (QED) is 0.804. The number of methoxy groups -OCH3 is 1. The van der Waals surface area contributed by atoms with E-state index in [4.69, 9.17) is 4.74 Å². The number of anilines is 2. The molecule has 0 aliphatic carbocycles. The minimum atomic E-state index is -0.0245. The summed E-state index contributed by atoms with van der Waals surface area (Å²) >= 11 is 0. The fourth-order valence-corrected chi connectivity index (χ4v) is 1.77. The highest BCUT2D eigenvalue weighted by molar-refractivity contribution is 5.92. The Hall–Kier alpha value is -1.55. The van der Waals surface area contributed by atoms with Crippen molar-refractivity contribution in [1.29, 1.82) is 0 Å². The van der Waals surface area contributed by atoms with E-state index in [2.05, 4.69) is 24.5 Å². The number of rotatable bonds is 7. The predicted molar refractivity (Wildman–Crippen MR) is 84.0 cm³/mol. The van der Waals surface area contributed by atoms with Crippen molar-refractivity contribution in [2.75, 3.05) is 24.4 Å². The van der Waals surface area contributed by atoms with Crippen LogP contribution in [0.25, 0.3) is 0 Å². The van der Waals surface area contributed by atoms with Gasteiger partial charge >= 0.3 is 0 Å². The maximum Gasteiger partial charge on any atom is 0.226 e. The van der Waals surface area contributed by atoms with Crippen LogP contribution in [-0.2, 0) is 9.53 Å². The Morgan fingerprint density at radius 2 is 1.85 bits per heavy atom. The van der Waals surface area contributed by atoms with Crippen molar-refractivity contribution in [1.82, 2.24) is 0 Å². The molecule has 1 aromatic carbocycles. The van der Waals surface area contributed by atoms with Crippen molar-refractivity contribution in [2.24, 2.45) is 11.8 Å². The van der Waals surface area contributed by atoms with E-state index in [0.717, 1.165) is 11.4 Å². The highest BCUT2D eigenvalue weighted by Gasteiger charge is 2.13. The summed E-state index contributed by atoms with van der Waals surface area (Å²) < 4.78 is 5.23. The van der Waals surface area contributed by atoms with Crippen molar-refractivity contribution >= 4 is 17.3 Å². The highest BCUT2D eigenvalue weighted by atomic mass is 16.5. The average Bonchev–Trinajstić information content (AvgIpc) is 2.38. The van der Waals surface area contributed by atoms with Gasteiger partial charge in [-0.2, -0.15) is 0 Å². The van der Waals surface area contributed by atoms with Crippen molar-refractivity contribution < 1.29 is 9.53 Å². The van der Waals surface area contributed by atoms with Gasteiger partial charge in [-0.1, -0.05) is 33.8 Å². The lowest BCUT2D eigenvalue weighted by Gasteiger charge is -2.23. The minimum absolute atomic E-state index is 0.0245. The van der Waals surface area contributed by atoms with Gasteiger partial charge in [0.15, 0.2) is 0 Å². The maximum absolute atomic E-state index is 11.7. The summed E-state index contributed by atoms with van der Waals surface area (Å²) in [7, 11) is 1.70. The first-order chi connectivity index (χ1) is 9.43. The molecule has 1 rings (SSSR count). The third-order valence-corrected chi connectivity index (χ3v) is 3.16. The topological polar surface area (TPSA) is 50.4 Å². The fourth-order valence-electron chi connectivity index (χ4n) is 1.77. The molecule has 0 aliphatic heterocycles. The second-order valence-corrected chi connectivity index (χ2v) is 5.67. The van der Waals surface area contributed by atoms with E-state index in [1.165, 1.54) is 0 Å². The monoisotopic (exact) mass is 278 g/mol. The van der Waals surface area contributed by atoms with Crippen LogP contribution in [0.3, 0.4) is 0 Å². The molecule has 0 spiro atoms. The fraction of sp³-hybridized carbons (Fsp3) is 0.562. The average molecular weight is 278 g/mol. The van der Waals surface area contributed by atoms with Gasteiger partial charge in [0.25, 0.3) is 0 Å². The Labute approximate surface area is 121 Å². The molecule has 4 nitrogen and oxygen atoms in total. The lowest BCUT2D eigenvalue weighted by Crippen LogP contribution is -2.30. The Morgan fingerprint density at radius 3 is 2.40 bits per heavy atom. The molecule has 1 amide bonds. The number of hydrogen-bond acceptors (Lipinski definition) is 3. The molecule has 20 heavy (non-hydrogen) atoms. The zero-order valence-corrected chi connectivity index (χ0v) is 13.1. The molecule has 0 fully saturated rings. The number of carbonyl (C=O) groups excluding carboxylic acids is 1. The second-order valence-electron chi connectivity index (χ2n) is 5.67. The van der Waals surface area contributed by atoms with Crippen LogP contribution >= 0.6 is 0 Å². The third-order valence-electron chi connectivity index (χ3n) is 3.16. The van der Waals surface area contributed by atoms with E-state index < -0.39 is 0 Å². The van der Waals surface area contributed by atoms with Crippen molar-refractivity contribution in [3.8, 4) is 0 Å². The first kappa shape index (κ1) is 16.5. The standard InChI is InChI=1S/C16H26N2O2/c1-11(2)15(10-20-5)17-13-7-6-8-14(9-13)18-16(19)12(3)4/h6-9,11-12,15,17H,10H2,1-5H3,(H,18,19). The lowest BCUT2D eigenvalue weighted by atomic mass is 10.0. The van der Waals surface area contributed by atoms with Gasteiger partial charge in [0.05, 0.1) is 12.6 Å². The Balaban J connectivity index is 2.74. The summed E-state index contributed by atoms with van der Waals surface area (Å²) in [5.74, 6) is 0.465. The van der Waals surface area contributed by atoms with Crippen molar-refractivity contribution in [2.45, 2.75) is 33.7 Å². The van der Waals surface area contributed by atoms with E-state index in [0.29, 0.717) is 12.5 Å². The molecule has 1 atom stereocenters. The summed E-state index contributed by atoms with van der Waals surface area (Å²) in [4.78, 5) is 11.7. The van der Waals surface area contributed by atoms with Gasteiger partial charge < -0.3 is 15.4 Å². The van der Waals surface area contributed by atoms with E-state index >= 15 is 0 Å². The van der Waals surface area contributed by atoms with Gasteiger partial charge in [-0.25, -0.2) is 0 Å². The third kappa shape index (κ3) is 5.21. The number of benzene rings is 1. The Bertz CT molecular complexity index is 430. The van der Waals surface area contributed by atoms with Gasteiger partial charge in [-0.05, 0) is 24.1 Å².